The summed E-state index contributed by atoms with van der Waals surface area (Å²) in [6.07, 6.45) is 4.80. The van der Waals surface area contributed by atoms with Crippen LogP contribution in [0, 0.1) is 0 Å². The molecule has 0 aliphatic carbocycles. The van der Waals surface area contributed by atoms with Gasteiger partial charge in [-0.1, -0.05) is 42.5 Å². The predicted octanol–water partition coefficient (Wildman–Crippen LogP) is 4.39. The van der Waals surface area contributed by atoms with Crippen LogP contribution >= 0.6 is 0 Å². The quantitative estimate of drug-likeness (QED) is 0.424. The molecule has 4 heteroatoms. The zero-order valence-electron chi connectivity index (χ0n) is 15.6. The van der Waals surface area contributed by atoms with E-state index in [1.54, 1.807) is 4.57 Å². The third kappa shape index (κ3) is 2.54. The number of hydrogen-bond acceptors (Lipinski definition) is 2. The average molecular weight is 366 g/mol. The van der Waals surface area contributed by atoms with Gasteiger partial charge in [0, 0.05) is 36.3 Å². The number of para-hydroxylation sites is 1. The smallest absolute Gasteiger partial charge is 0.223 e. The molecule has 5 rings (SSSR count). The summed E-state index contributed by atoms with van der Waals surface area (Å²) < 4.78 is 3.99. The van der Waals surface area contributed by atoms with E-state index < -0.39 is 0 Å². The largest absolute Gasteiger partial charge is 0.493 e. The van der Waals surface area contributed by atoms with Crippen LogP contribution in [-0.2, 0) is 13.5 Å². The third-order valence-electron chi connectivity index (χ3n) is 5.31. The Morgan fingerprint density at radius 3 is 2.57 bits per heavy atom. The first-order valence-corrected chi connectivity index (χ1v) is 9.33. The summed E-state index contributed by atoms with van der Waals surface area (Å²) in [5, 5.41) is 11.5. The standard InChI is InChI=1S/C24H19N3O/c1-26-21-13-6-5-12-20(21)22(24(26)28)25-16-18-15-19-11-7-8-14-27(19)23(18)17-9-3-2-4-10-17/h2-14,16H,15H2,1H3/p+1. The second-order valence-electron chi connectivity index (χ2n) is 6.99. The summed E-state index contributed by atoms with van der Waals surface area (Å²) in [4.78, 5) is 4.73. The zero-order chi connectivity index (χ0) is 19.1. The highest BCUT2D eigenvalue weighted by atomic mass is 16.3. The topological polar surface area (TPSA) is 41.4 Å². The monoisotopic (exact) mass is 366 g/mol. The third-order valence-corrected chi connectivity index (χ3v) is 5.31. The van der Waals surface area contributed by atoms with Gasteiger partial charge in [-0.05, 0) is 18.2 Å². The van der Waals surface area contributed by atoms with E-state index in [9.17, 15) is 5.11 Å². The van der Waals surface area contributed by atoms with Gasteiger partial charge in [0.15, 0.2) is 11.9 Å². The number of rotatable bonds is 3. The van der Waals surface area contributed by atoms with Crippen LogP contribution in [0.3, 0.4) is 0 Å². The van der Waals surface area contributed by atoms with Gasteiger partial charge < -0.3 is 9.67 Å². The van der Waals surface area contributed by atoms with Crippen LogP contribution in [0.5, 0.6) is 5.88 Å². The Hall–Kier alpha value is -3.66. The summed E-state index contributed by atoms with van der Waals surface area (Å²) >= 11 is 0. The Bertz CT molecular complexity index is 1250. The molecule has 136 valence electrons. The van der Waals surface area contributed by atoms with Gasteiger partial charge in [-0.2, -0.15) is 4.57 Å². The molecule has 0 amide bonds. The van der Waals surface area contributed by atoms with Crippen LogP contribution < -0.4 is 4.57 Å². The van der Waals surface area contributed by atoms with Crippen molar-refractivity contribution >= 4 is 28.5 Å². The Balaban J connectivity index is 1.66. The lowest BCUT2D eigenvalue weighted by molar-refractivity contribution is -0.582. The minimum Gasteiger partial charge on any atom is -0.493 e. The fourth-order valence-electron chi connectivity index (χ4n) is 3.93. The molecule has 0 unspecified atom stereocenters. The summed E-state index contributed by atoms with van der Waals surface area (Å²) in [5.74, 6) is 0.183. The molecule has 1 N–H and O–H groups in total. The van der Waals surface area contributed by atoms with Crippen LogP contribution in [0.15, 0.2) is 89.6 Å². The summed E-state index contributed by atoms with van der Waals surface area (Å²) in [6.45, 7) is 0. The number of pyridine rings is 1. The first-order valence-electron chi connectivity index (χ1n) is 9.33. The molecular formula is C24H20N3O+. The number of nitrogens with zero attached hydrogens (tertiary/aromatic N) is 3. The van der Waals surface area contributed by atoms with Crippen LogP contribution in [0.4, 0.5) is 5.69 Å². The Morgan fingerprint density at radius 1 is 0.964 bits per heavy atom. The maximum Gasteiger partial charge on any atom is 0.223 e. The number of benzene rings is 2. The molecule has 0 spiro atoms. The van der Waals surface area contributed by atoms with Crippen LogP contribution in [0.2, 0.25) is 0 Å². The highest BCUT2D eigenvalue weighted by Gasteiger charge is 2.30. The maximum atomic E-state index is 10.6. The normalized spacial score (nSPS) is 13.6. The number of aryl methyl sites for hydroxylation is 1. The molecule has 0 fully saturated rings. The molecule has 2 aromatic heterocycles. The van der Waals surface area contributed by atoms with E-state index in [1.165, 1.54) is 5.69 Å². The van der Waals surface area contributed by atoms with Crippen LogP contribution in [0.25, 0.3) is 16.6 Å². The van der Waals surface area contributed by atoms with E-state index in [-0.39, 0.29) is 5.88 Å². The lowest BCUT2D eigenvalue weighted by atomic mass is 10.1. The fraction of sp³-hybridized carbons (Fsp3) is 0.0833. The van der Waals surface area contributed by atoms with Crippen LogP contribution in [0.1, 0.15) is 11.3 Å². The predicted molar refractivity (Wildman–Crippen MR) is 112 cm³/mol. The summed E-state index contributed by atoms with van der Waals surface area (Å²) in [7, 11) is 1.85. The first-order chi connectivity index (χ1) is 13.7. The number of aliphatic imine (C=N–C) groups is 1. The van der Waals surface area contributed by atoms with E-state index in [0.717, 1.165) is 34.2 Å². The van der Waals surface area contributed by atoms with E-state index in [2.05, 4.69) is 47.2 Å². The summed E-state index contributed by atoms with van der Waals surface area (Å²) in [6, 6.07) is 24.5. The Kier molecular flexibility index (Phi) is 3.83. The number of aromatic hydroxyl groups is 1. The van der Waals surface area contributed by atoms with Gasteiger partial charge in [0.05, 0.1) is 17.5 Å². The van der Waals surface area contributed by atoms with Crippen molar-refractivity contribution in [3.63, 3.8) is 0 Å². The van der Waals surface area contributed by atoms with Crippen molar-refractivity contribution in [3.05, 3.63) is 95.8 Å². The molecule has 0 saturated heterocycles. The second kappa shape index (κ2) is 6.50. The molecule has 0 saturated carbocycles. The number of aromatic nitrogens is 2. The van der Waals surface area contributed by atoms with Gasteiger partial charge >= 0.3 is 0 Å². The van der Waals surface area contributed by atoms with E-state index in [0.29, 0.717) is 5.69 Å². The lowest BCUT2D eigenvalue weighted by Gasteiger charge is -2.00. The molecule has 3 heterocycles. The van der Waals surface area contributed by atoms with Gasteiger partial charge in [-0.3, -0.25) is 0 Å². The van der Waals surface area contributed by atoms with Gasteiger partial charge in [0.25, 0.3) is 0 Å². The van der Waals surface area contributed by atoms with E-state index >= 15 is 0 Å². The number of hydrogen-bond donors (Lipinski definition) is 1. The fourth-order valence-corrected chi connectivity index (χ4v) is 3.93. The van der Waals surface area contributed by atoms with E-state index in [1.807, 2.05) is 49.7 Å². The SMILES string of the molecule is Cn1c(O)c(N=CC2=C(c3ccccc3)[n+]3ccccc3C2)c2ccccc21. The van der Waals surface area contributed by atoms with Gasteiger partial charge in [0.2, 0.25) is 11.6 Å². The molecule has 0 bridgehead atoms. The van der Waals surface area contributed by atoms with Crippen molar-refractivity contribution < 1.29 is 9.67 Å². The highest BCUT2D eigenvalue weighted by molar-refractivity contribution is 5.99. The van der Waals surface area contributed by atoms with Crippen molar-refractivity contribution in [1.29, 1.82) is 0 Å². The molecule has 0 atom stereocenters. The summed E-state index contributed by atoms with van der Waals surface area (Å²) in [5.41, 5.74) is 6.22. The minimum absolute atomic E-state index is 0.183. The Morgan fingerprint density at radius 2 is 1.71 bits per heavy atom. The second-order valence-corrected chi connectivity index (χ2v) is 6.99. The molecule has 1 aliphatic rings. The number of fused-ring (bicyclic) bond motifs is 2. The number of allylic oxidation sites excluding steroid dienone is 1. The van der Waals surface area contributed by atoms with Crippen molar-refractivity contribution in [3.8, 4) is 5.88 Å². The Labute approximate surface area is 163 Å². The average Bonchev–Trinajstić information content (AvgIpc) is 3.23. The first kappa shape index (κ1) is 16.5. The molecule has 28 heavy (non-hydrogen) atoms. The molecule has 4 aromatic rings. The van der Waals surface area contributed by atoms with Crippen molar-refractivity contribution in [2.75, 3.05) is 0 Å². The van der Waals surface area contributed by atoms with Gasteiger partial charge in [-0.15, -0.1) is 0 Å². The minimum atomic E-state index is 0.183. The molecular weight excluding hydrogens is 346 g/mol. The van der Waals surface area contributed by atoms with E-state index in [4.69, 9.17) is 4.99 Å². The van der Waals surface area contributed by atoms with Gasteiger partial charge in [-0.25, -0.2) is 4.99 Å². The highest BCUT2D eigenvalue weighted by Crippen LogP contribution is 2.37. The van der Waals surface area contributed by atoms with Gasteiger partial charge in [0.1, 0.15) is 5.69 Å². The molecule has 1 aliphatic heterocycles. The van der Waals surface area contributed by atoms with Crippen molar-refractivity contribution in [1.82, 2.24) is 4.57 Å². The van der Waals surface area contributed by atoms with Crippen molar-refractivity contribution in [2.45, 2.75) is 6.42 Å². The maximum absolute atomic E-state index is 10.6. The molecule has 0 radical (unpaired) electrons. The van der Waals surface area contributed by atoms with Crippen molar-refractivity contribution in [2.24, 2.45) is 12.0 Å². The molecule has 2 aromatic carbocycles. The molecule has 4 nitrogen and oxygen atoms in total. The van der Waals surface area contributed by atoms with Crippen LogP contribution in [-0.4, -0.2) is 15.9 Å². The lowest BCUT2D eigenvalue weighted by Crippen LogP contribution is -2.33. The zero-order valence-corrected chi connectivity index (χ0v) is 15.6.